The van der Waals surface area contributed by atoms with Gasteiger partial charge in [0.2, 0.25) is 0 Å². The van der Waals surface area contributed by atoms with Crippen molar-refractivity contribution in [2.24, 2.45) is 0 Å². The Hall–Kier alpha value is -0.880. The molecule has 0 radical (unpaired) electrons. The molecular formula is C12H14BrNO3S. The highest BCUT2D eigenvalue weighted by molar-refractivity contribution is 9.10. The first-order valence-corrected chi connectivity index (χ1v) is 7.84. The maximum absolute atomic E-state index is 12.4. The van der Waals surface area contributed by atoms with Gasteiger partial charge in [0.25, 0.3) is 15.9 Å². The topological polar surface area (TPSA) is 54.5 Å². The molecule has 0 unspecified atom stereocenters. The zero-order valence-electron chi connectivity index (χ0n) is 10.3. The van der Waals surface area contributed by atoms with Crippen molar-refractivity contribution < 1.29 is 13.2 Å². The molecule has 0 bridgehead atoms. The summed E-state index contributed by atoms with van der Waals surface area (Å²) >= 11 is 3.21. The Labute approximate surface area is 115 Å². The molecule has 0 aromatic heterocycles. The molecule has 1 atom stereocenters. The van der Waals surface area contributed by atoms with Crippen LogP contribution in [0.2, 0.25) is 0 Å². The Morgan fingerprint density at radius 3 is 2.17 bits per heavy atom. The molecule has 0 saturated carbocycles. The molecule has 1 amide bonds. The zero-order valence-corrected chi connectivity index (χ0v) is 12.7. The minimum Gasteiger partial charge on any atom is -0.272 e. The van der Waals surface area contributed by atoms with Crippen LogP contribution < -0.4 is 0 Å². The zero-order chi connectivity index (χ0) is 13.7. The van der Waals surface area contributed by atoms with Gasteiger partial charge in [-0.05, 0) is 32.9 Å². The summed E-state index contributed by atoms with van der Waals surface area (Å²) in [6, 6.07) is 6.48. The number of aryl methyl sites for hydroxylation is 1. The normalized spacial score (nSPS) is 22.8. The van der Waals surface area contributed by atoms with Crippen molar-refractivity contribution in [1.82, 2.24) is 4.31 Å². The Kier molecular flexibility index (Phi) is 3.06. The Bertz CT molecular complexity index is 592. The van der Waals surface area contributed by atoms with E-state index in [4.69, 9.17) is 0 Å². The number of β-lactam (4-membered cyclic amide) rings is 1. The smallest absolute Gasteiger partial charge is 0.267 e. The van der Waals surface area contributed by atoms with Gasteiger partial charge in [0.1, 0.15) is 4.83 Å². The van der Waals surface area contributed by atoms with E-state index in [1.54, 1.807) is 26.0 Å². The van der Waals surface area contributed by atoms with Crippen LogP contribution in [0.5, 0.6) is 0 Å². The van der Waals surface area contributed by atoms with Crippen LogP contribution in [0.15, 0.2) is 29.2 Å². The number of hydrogen-bond donors (Lipinski definition) is 0. The van der Waals surface area contributed by atoms with Crippen LogP contribution in [0.25, 0.3) is 0 Å². The lowest BCUT2D eigenvalue weighted by Gasteiger charge is -2.49. The van der Waals surface area contributed by atoms with Gasteiger partial charge in [-0.1, -0.05) is 33.6 Å². The van der Waals surface area contributed by atoms with E-state index in [1.807, 2.05) is 6.92 Å². The van der Waals surface area contributed by atoms with E-state index >= 15 is 0 Å². The third kappa shape index (κ3) is 1.78. The number of benzene rings is 1. The SMILES string of the molecule is Cc1ccc(S(=O)(=O)N2C(=O)[C@H](Br)C2(C)C)cc1. The van der Waals surface area contributed by atoms with Crippen LogP contribution in [-0.4, -0.2) is 29.0 Å². The summed E-state index contributed by atoms with van der Waals surface area (Å²) in [5.41, 5.74) is 0.238. The van der Waals surface area contributed by atoms with Crippen molar-refractivity contribution in [3.8, 4) is 0 Å². The quantitative estimate of drug-likeness (QED) is 0.615. The average Bonchev–Trinajstić information content (AvgIpc) is 2.28. The summed E-state index contributed by atoms with van der Waals surface area (Å²) in [7, 11) is -3.75. The molecule has 2 rings (SSSR count). The van der Waals surface area contributed by atoms with E-state index in [0.717, 1.165) is 9.87 Å². The predicted octanol–water partition coefficient (Wildman–Crippen LogP) is 2.07. The number of hydrogen-bond acceptors (Lipinski definition) is 3. The maximum atomic E-state index is 12.4. The van der Waals surface area contributed by atoms with Crippen molar-refractivity contribution in [2.45, 2.75) is 36.0 Å². The minimum absolute atomic E-state index is 0.147. The van der Waals surface area contributed by atoms with Crippen LogP contribution in [0.4, 0.5) is 0 Å². The van der Waals surface area contributed by atoms with Crippen LogP contribution in [-0.2, 0) is 14.8 Å². The summed E-state index contributed by atoms with van der Waals surface area (Å²) in [5.74, 6) is -0.416. The summed E-state index contributed by atoms with van der Waals surface area (Å²) in [6.07, 6.45) is 0. The largest absolute Gasteiger partial charge is 0.272 e. The van der Waals surface area contributed by atoms with E-state index in [9.17, 15) is 13.2 Å². The predicted molar refractivity (Wildman–Crippen MR) is 72.0 cm³/mol. The van der Waals surface area contributed by atoms with Gasteiger partial charge >= 0.3 is 0 Å². The highest BCUT2D eigenvalue weighted by atomic mass is 79.9. The second-order valence-corrected chi connectivity index (χ2v) is 7.64. The number of alkyl halides is 1. The standard InChI is InChI=1S/C12H14BrNO3S/c1-8-4-6-9(7-5-8)18(16,17)14-11(15)10(13)12(14,2)3/h4-7,10H,1-3H3/t10-/m0/s1. The number of carbonyl (C=O) groups excluding carboxylic acids is 1. The Balaban J connectivity index is 2.45. The van der Waals surface area contributed by atoms with E-state index < -0.39 is 26.3 Å². The number of carbonyl (C=O) groups is 1. The Morgan fingerprint density at radius 1 is 1.22 bits per heavy atom. The second kappa shape index (κ2) is 4.06. The number of nitrogens with zero attached hydrogens (tertiary/aromatic N) is 1. The lowest BCUT2D eigenvalue weighted by molar-refractivity contribution is -0.141. The molecule has 6 heteroatoms. The Morgan fingerprint density at radius 2 is 1.72 bits per heavy atom. The lowest BCUT2D eigenvalue weighted by atomic mass is 9.92. The summed E-state index contributed by atoms with van der Waals surface area (Å²) in [4.78, 5) is 11.5. The van der Waals surface area contributed by atoms with E-state index in [-0.39, 0.29) is 4.90 Å². The molecular weight excluding hydrogens is 318 g/mol. The molecule has 0 N–H and O–H groups in total. The number of sulfonamides is 1. The average molecular weight is 332 g/mol. The van der Waals surface area contributed by atoms with Gasteiger partial charge in [-0.2, -0.15) is 0 Å². The highest BCUT2D eigenvalue weighted by Gasteiger charge is 2.58. The number of halogens is 1. The highest BCUT2D eigenvalue weighted by Crippen LogP contribution is 2.41. The van der Waals surface area contributed by atoms with E-state index in [0.29, 0.717) is 0 Å². The van der Waals surface area contributed by atoms with Crippen molar-refractivity contribution in [2.75, 3.05) is 0 Å². The van der Waals surface area contributed by atoms with Gasteiger partial charge in [0.05, 0.1) is 10.4 Å². The fourth-order valence-corrected chi connectivity index (χ4v) is 4.41. The van der Waals surface area contributed by atoms with Gasteiger partial charge in [0, 0.05) is 0 Å². The second-order valence-electron chi connectivity index (χ2n) is 4.94. The van der Waals surface area contributed by atoms with E-state index in [2.05, 4.69) is 15.9 Å². The third-order valence-electron chi connectivity index (χ3n) is 3.12. The molecule has 4 nitrogen and oxygen atoms in total. The van der Waals surface area contributed by atoms with Crippen LogP contribution in [0.3, 0.4) is 0 Å². The molecule has 1 aliphatic rings. The molecule has 1 heterocycles. The van der Waals surface area contributed by atoms with Gasteiger partial charge < -0.3 is 0 Å². The molecule has 0 aliphatic carbocycles. The first kappa shape index (κ1) is 13.5. The van der Waals surface area contributed by atoms with Gasteiger partial charge in [-0.3, -0.25) is 4.79 Å². The molecule has 1 aromatic carbocycles. The van der Waals surface area contributed by atoms with Crippen molar-refractivity contribution in [1.29, 1.82) is 0 Å². The number of rotatable bonds is 2. The first-order chi connectivity index (χ1) is 8.19. The molecule has 1 fully saturated rings. The van der Waals surface area contributed by atoms with Gasteiger partial charge in [-0.15, -0.1) is 0 Å². The van der Waals surface area contributed by atoms with Crippen LogP contribution in [0, 0.1) is 6.92 Å². The number of amides is 1. The molecule has 18 heavy (non-hydrogen) atoms. The summed E-state index contributed by atoms with van der Waals surface area (Å²) in [5, 5.41) is 0. The molecule has 1 saturated heterocycles. The third-order valence-corrected chi connectivity index (χ3v) is 6.63. The summed E-state index contributed by atoms with van der Waals surface area (Å²) < 4.78 is 25.7. The molecule has 98 valence electrons. The van der Waals surface area contributed by atoms with Gasteiger partial charge in [-0.25, -0.2) is 12.7 Å². The minimum atomic E-state index is -3.75. The first-order valence-electron chi connectivity index (χ1n) is 5.49. The summed E-state index contributed by atoms with van der Waals surface area (Å²) in [6.45, 7) is 5.32. The fraction of sp³-hybridized carbons (Fsp3) is 0.417. The molecule has 1 aromatic rings. The fourth-order valence-electron chi connectivity index (χ4n) is 1.97. The molecule has 0 spiro atoms. The van der Waals surface area contributed by atoms with Crippen LogP contribution in [0.1, 0.15) is 19.4 Å². The van der Waals surface area contributed by atoms with E-state index in [1.165, 1.54) is 12.1 Å². The monoisotopic (exact) mass is 331 g/mol. The van der Waals surface area contributed by atoms with Crippen molar-refractivity contribution >= 4 is 31.9 Å². The van der Waals surface area contributed by atoms with Crippen molar-refractivity contribution in [3.63, 3.8) is 0 Å². The molecule has 1 aliphatic heterocycles. The van der Waals surface area contributed by atoms with Crippen molar-refractivity contribution in [3.05, 3.63) is 29.8 Å². The van der Waals surface area contributed by atoms with Crippen LogP contribution >= 0.6 is 15.9 Å². The lowest BCUT2D eigenvalue weighted by Crippen LogP contribution is -2.70. The van der Waals surface area contributed by atoms with Gasteiger partial charge in [0.15, 0.2) is 0 Å². The maximum Gasteiger partial charge on any atom is 0.267 e.